The highest BCUT2D eigenvalue weighted by Crippen LogP contribution is 2.15. The SMILES string of the molecule is C[C@H](CCCCc1ccc(F)cc1)NCc1ccc2cnccc2c1.Cl. The molecule has 3 rings (SSSR count). The van der Waals surface area contributed by atoms with Crippen LogP contribution in [0.15, 0.2) is 60.9 Å². The van der Waals surface area contributed by atoms with Crippen molar-refractivity contribution in [2.24, 2.45) is 0 Å². The van der Waals surface area contributed by atoms with Gasteiger partial charge in [0, 0.05) is 30.4 Å². The summed E-state index contributed by atoms with van der Waals surface area (Å²) < 4.78 is 12.9. The molecule has 3 aromatic rings. The molecule has 0 fully saturated rings. The van der Waals surface area contributed by atoms with E-state index in [1.807, 2.05) is 24.5 Å². The first-order valence-corrected chi connectivity index (χ1v) is 9.01. The fraction of sp³-hybridized carbons (Fsp3) is 0.318. The molecular formula is C22H26ClFN2. The molecule has 1 atom stereocenters. The van der Waals surface area contributed by atoms with E-state index in [4.69, 9.17) is 0 Å². The molecule has 0 saturated heterocycles. The lowest BCUT2D eigenvalue weighted by molar-refractivity contribution is 0.489. The summed E-state index contributed by atoms with van der Waals surface area (Å²) in [5.41, 5.74) is 2.52. The van der Waals surface area contributed by atoms with E-state index in [9.17, 15) is 4.39 Å². The van der Waals surface area contributed by atoms with E-state index in [0.717, 1.165) is 25.8 Å². The van der Waals surface area contributed by atoms with Gasteiger partial charge < -0.3 is 5.32 Å². The smallest absolute Gasteiger partial charge is 0.123 e. The van der Waals surface area contributed by atoms with Gasteiger partial charge >= 0.3 is 0 Å². The number of nitrogens with one attached hydrogen (secondary N) is 1. The largest absolute Gasteiger partial charge is 0.310 e. The number of hydrogen-bond acceptors (Lipinski definition) is 2. The molecular weight excluding hydrogens is 347 g/mol. The summed E-state index contributed by atoms with van der Waals surface area (Å²) in [7, 11) is 0. The number of nitrogens with zero attached hydrogens (tertiary/aromatic N) is 1. The Morgan fingerprint density at radius 2 is 1.73 bits per heavy atom. The van der Waals surface area contributed by atoms with Crippen molar-refractivity contribution in [3.8, 4) is 0 Å². The number of benzene rings is 2. The van der Waals surface area contributed by atoms with Gasteiger partial charge in [0.25, 0.3) is 0 Å². The number of aromatic nitrogens is 1. The van der Waals surface area contributed by atoms with Gasteiger partial charge in [-0.05, 0) is 67.0 Å². The Morgan fingerprint density at radius 3 is 2.54 bits per heavy atom. The number of hydrogen-bond donors (Lipinski definition) is 1. The maximum Gasteiger partial charge on any atom is 0.123 e. The lowest BCUT2D eigenvalue weighted by atomic mass is 10.0. The van der Waals surface area contributed by atoms with Gasteiger partial charge in [-0.3, -0.25) is 4.98 Å². The van der Waals surface area contributed by atoms with Crippen molar-refractivity contribution in [3.63, 3.8) is 0 Å². The second kappa shape index (κ2) is 10.2. The molecule has 0 spiro atoms. The van der Waals surface area contributed by atoms with Gasteiger partial charge in [-0.25, -0.2) is 4.39 Å². The Morgan fingerprint density at radius 1 is 0.962 bits per heavy atom. The first kappa shape index (κ1) is 20.3. The summed E-state index contributed by atoms with van der Waals surface area (Å²) >= 11 is 0. The van der Waals surface area contributed by atoms with E-state index in [1.54, 1.807) is 12.1 Å². The first-order chi connectivity index (χ1) is 12.2. The molecule has 1 N–H and O–H groups in total. The molecule has 0 aliphatic rings. The normalized spacial score (nSPS) is 11.9. The van der Waals surface area contributed by atoms with Crippen LogP contribution in [0.4, 0.5) is 4.39 Å². The number of pyridine rings is 1. The maximum absolute atomic E-state index is 12.9. The number of aryl methyl sites for hydroxylation is 1. The monoisotopic (exact) mass is 372 g/mol. The quantitative estimate of drug-likeness (QED) is 0.514. The van der Waals surface area contributed by atoms with E-state index < -0.39 is 0 Å². The highest BCUT2D eigenvalue weighted by Gasteiger charge is 2.03. The fourth-order valence-electron chi connectivity index (χ4n) is 3.07. The van der Waals surface area contributed by atoms with Gasteiger partial charge in [-0.1, -0.05) is 30.7 Å². The molecule has 138 valence electrons. The van der Waals surface area contributed by atoms with Crippen molar-refractivity contribution < 1.29 is 4.39 Å². The fourth-order valence-corrected chi connectivity index (χ4v) is 3.07. The third-order valence-corrected chi connectivity index (χ3v) is 4.63. The van der Waals surface area contributed by atoms with Gasteiger partial charge in [0.15, 0.2) is 0 Å². The van der Waals surface area contributed by atoms with Crippen LogP contribution in [-0.2, 0) is 13.0 Å². The minimum atomic E-state index is -0.161. The molecule has 26 heavy (non-hydrogen) atoms. The number of halogens is 2. The summed E-state index contributed by atoms with van der Waals surface area (Å²) in [5, 5.41) is 6.02. The Hall–Kier alpha value is -1.97. The third-order valence-electron chi connectivity index (χ3n) is 4.63. The molecule has 0 bridgehead atoms. The summed E-state index contributed by atoms with van der Waals surface area (Å²) in [5.74, 6) is -0.161. The summed E-state index contributed by atoms with van der Waals surface area (Å²) in [6, 6.07) is 15.9. The molecule has 2 aromatic carbocycles. The van der Waals surface area contributed by atoms with Crippen LogP contribution in [0.1, 0.15) is 37.3 Å². The average Bonchev–Trinajstić information content (AvgIpc) is 2.65. The van der Waals surface area contributed by atoms with Crippen LogP contribution in [0.3, 0.4) is 0 Å². The van der Waals surface area contributed by atoms with Gasteiger partial charge in [0.1, 0.15) is 5.82 Å². The second-order valence-corrected chi connectivity index (χ2v) is 6.71. The molecule has 0 saturated carbocycles. The number of unbranched alkanes of at least 4 members (excludes halogenated alkanes) is 1. The molecule has 0 radical (unpaired) electrons. The van der Waals surface area contributed by atoms with Gasteiger partial charge in [-0.15, -0.1) is 12.4 Å². The van der Waals surface area contributed by atoms with Crippen molar-refractivity contribution >= 4 is 23.2 Å². The molecule has 4 heteroatoms. The van der Waals surface area contributed by atoms with Crippen molar-refractivity contribution in [3.05, 3.63) is 77.9 Å². The minimum Gasteiger partial charge on any atom is -0.310 e. The topological polar surface area (TPSA) is 24.9 Å². The zero-order valence-corrected chi connectivity index (χ0v) is 15.9. The van der Waals surface area contributed by atoms with Crippen LogP contribution < -0.4 is 5.32 Å². The zero-order chi connectivity index (χ0) is 17.5. The predicted molar refractivity (Wildman–Crippen MR) is 109 cm³/mol. The standard InChI is InChI=1S/C22H25FN2.ClH/c1-17(4-2-3-5-18-7-10-22(23)11-8-18)25-15-19-6-9-21-16-24-13-12-20(21)14-19;/h6-14,16-17,25H,2-5,15H2,1H3;1H/t17-;/m1./s1. The Bertz CT molecular complexity index is 805. The van der Waals surface area contributed by atoms with Crippen molar-refractivity contribution in [2.45, 2.75) is 45.2 Å². The third kappa shape index (κ3) is 6.08. The van der Waals surface area contributed by atoms with Gasteiger partial charge in [0.2, 0.25) is 0 Å². The van der Waals surface area contributed by atoms with Crippen LogP contribution in [0, 0.1) is 5.82 Å². The number of fused-ring (bicyclic) bond motifs is 1. The molecule has 2 nitrogen and oxygen atoms in total. The van der Waals surface area contributed by atoms with E-state index >= 15 is 0 Å². The van der Waals surface area contributed by atoms with Crippen molar-refractivity contribution in [2.75, 3.05) is 0 Å². The van der Waals surface area contributed by atoms with Crippen LogP contribution in [-0.4, -0.2) is 11.0 Å². The number of rotatable bonds is 8. The molecule has 0 aliphatic heterocycles. The summed E-state index contributed by atoms with van der Waals surface area (Å²) in [6.45, 7) is 3.13. The Balaban J connectivity index is 0.00000243. The predicted octanol–water partition coefficient (Wildman–Crippen LogP) is 5.69. The first-order valence-electron chi connectivity index (χ1n) is 9.01. The van der Waals surface area contributed by atoms with Gasteiger partial charge in [0.05, 0.1) is 0 Å². The van der Waals surface area contributed by atoms with E-state index in [-0.39, 0.29) is 18.2 Å². The zero-order valence-electron chi connectivity index (χ0n) is 15.1. The highest BCUT2D eigenvalue weighted by molar-refractivity contribution is 5.85. The highest BCUT2D eigenvalue weighted by atomic mass is 35.5. The van der Waals surface area contributed by atoms with Crippen LogP contribution >= 0.6 is 12.4 Å². The molecule has 0 amide bonds. The van der Waals surface area contributed by atoms with E-state index in [0.29, 0.717) is 6.04 Å². The van der Waals surface area contributed by atoms with Crippen molar-refractivity contribution in [1.82, 2.24) is 10.3 Å². The van der Waals surface area contributed by atoms with E-state index in [2.05, 4.69) is 41.5 Å². The summed E-state index contributed by atoms with van der Waals surface area (Å²) in [4.78, 5) is 4.15. The molecule has 1 aromatic heterocycles. The summed E-state index contributed by atoms with van der Waals surface area (Å²) in [6.07, 6.45) is 8.22. The second-order valence-electron chi connectivity index (χ2n) is 6.71. The Kier molecular flexibility index (Phi) is 8.02. The molecule has 0 unspecified atom stereocenters. The van der Waals surface area contributed by atoms with Gasteiger partial charge in [-0.2, -0.15) is 0 Å². The van der Waals surface area contributed by atoms with Crippen molar-refractivity contribution in [1.29, 1.82) is 0 Å². The minimum absolute atomic E-state index is 0. The lowest BCUT2D eigenvalue weighted by Gasteiger charge is -2.14. The van der Waals surface area contributed by atoms with E-state index in [1.165, 1.54) is 28.3 Å². The lowest BCUT2D eigenvalue weighted by Crippen LogP contribution is -2.25. The van der Waals surface area contributed by atoms with Crippen LogP contribution in [0.2, 0.25) is 0 Å². The maximum atomic E-state index is 12.9. The molecule has 1 heterocycles. The Labute approximate surface area is 161 Å². The average molecular weight is 373 g/mol. The van der Waals surface area contributed by atoms with Crippen LogP contribution in [0.25, 0.3) is 10.8 Å². The molecule has 0 aliphatic carbocycles. The van der Waals surface area contributed by atoms with Crippen LogP contribution in [0.5, 0.6) is 0 Å².